The fraction of sp³-hybridized carbons (Fsp3) is 0.312. The molecule has 4 heterocycles. The third-order valence-electron chi connectivity index (χ3n) is 3.84. The maximum atomic E-state index is 12.5. The number of aromatic nitrogens is 4. The average Bonchev–Trinajstić information content (AvgIpc) is 3.34. The van der Waals surface area contributed by atoms with E-state index in [0.717, 1.165) is 5.56 Å². The summed E-state index contributed by atoms with van der Waals surface area (Å²) in [6.45, 7) is 1.38. The van der Waals surface area contributed by atoms with Crippen molar-refractivity contribution in [2.75, 3.05) is 19.7 Å². The van der Waals surface area contributed by atoms with E-state index in [1.807, 2.05) is 16.8 Å². The lowest BCUT2D eigenvalue weighted by Crippen LogP contribution is -2.43. The molecule has 0 saturated carbocycles. The molecule has 4 rings (SSSR count). The molecule has 1 atom stereocenters. The van der Waals surface area contributed by atoms with Gasteiger partial charge in [-0.25, -0.2) is 9.97 Å². The smallest absolute Gasteiger partial charge is 0.258 e. The van der Waals surface area contributed by atoms with Crippen molar-refractivity contribution in [3.8, 4) is 11.6 Å². The van der Waals surface area contributed by atoms with Crippen molar-refractivity contribution in [3.05, 3.63) is 46.7 Å². The molecule has 1 amide bonds. The first-order chi connectivity index (χ1) is 12.3. The maximum absolute atomic E-state index is 12.5. The molecule has 1 fully saturated rings. The van der Waals surface area contributed by atoms with E-state index in [-0.39, 0.29) is 5.91 Å². The molecule has 128 valence electrons. The van der Waals surface area contributed by atoms with E-state index in [1.54, 1.807) is 34.7 Å². The molecule has 0 unspecified atom stereocenters. The molecule has 0 bridgehead atoms. The maximum Gasteiger partial charge on any atom is 0.258 e. The van der Waals surface area contributed by atoms with Gasteiger partial charge in [0.15, 0.2) is 6.10 Å². The van der Waals surface area contributed by atoms with Crippen molar-refractivity contribution in [3.63, 3.8) is 0 Å². The number of hydrogen-bond acceptors (Lipinski definition) is 8. The van der Waals surface area contributed by atoms with Gasteiger partial charge in [-0.2, -0.15) is 16.3 Å². The molecule has 9 heteroatoms. The molecule has 0 radical (unpaired) electrons. The number of hydrogen-bond donors (Lipinski definition) is 0. The van der Waals surface area contributed by atoms with E-state index < -0.39 is 6.10 Å². The van der Waals surface area contributed by atoms with Crippen LogP contribution in [0.3, 0.4) is 0 Å². The zero-order valence-corrected chi connectivity index (χ0v) is 14.1. The molecule has 3 aromatic rings. The Hall–Kier alpha value is -2.65. The summed E-state index contributed by atoms with van der Waals surface area (Å²) < 4.78 is 11.0. The van der Waals surface area contributed by atoms with E-state index >= 15 is 0 Å². The third-order valence-corrected chi connectivity index (χ3v) is 4.57. The number of amides is 1. The van der Waals surface area contributed by atoms with Crippen LogP contribution >= 0.6 is 11.3 Å². The van der Waals surface area contributed by atoms with Crippen LogP contribution in [0.1, 0.15) is 17.6 Å². The number of rotatable bonds is 4. The lowest BCUT2D eigenvalue weighted by Gasteiger charge is -2.31. The Morgan fingerprint density at radius 3 is 3.00 bits per heavy atom. The van der Waals surface area contributed by atoms with Crippen molar-refractivity contribution in [1.82, 2.24) is 25.0 Å². The molecule has 0 N–H and O–H groups in total. The summed E-state index contributed by atoms with van der Waals surface area (Å²) in [7, 11) is 0. The van der Waals surface area contributed by atoms with Gasteiger partial charge in [0, 0.05) is 18.9 Å². The molecule has 8 nitrogen and oxygen atoms in total. The highest BCUT2D eigenvalue weighted by atomic mass is 32.1. The van der Waals surface area contributed by atoms with E-state index in [0.29, 0.717) is 43.7 Å². The normalized spacial score (nSPS) is 17.6. The van der Waals surface area contributed by atoms with Gasteiger partial charge in [-0.3, -0.25) is 4.79 Å². The molecule has 1 aliphatic heterocycles. The monoisotopic (exact) mass is 357 g/mol. The Bertz CT molecular complexity index is 837. The van der Waals surface area contributed by atoms with Gasteiger partial charge >= 0.3 is 0 Å². The number of morpholine rings is 1. The highest BCUT2D eigenvalue weighted by Crippen LogP contribution is 2.23. The minimum Gasteiger partial charge on any atom is -0.365 e. The van der Waals surface area contributed by atoms with Gasteiger partial charge in [-0.15, -0.1) is 0 Å². The predicted octanol–water partition coefficient (Wildman–Crippen LogP) is 1.73. The average molecular weight is 357 g/mol. The quantitative estimate of drug-likeness (QED) is 0.702. The second kappa shape index (κ2) is 7.08. The molecule has 1 saturated heterocycles. The summed E-state index contributed by atoms with van der Waals surface area (Å²) in [5.74, 6) is 1.09. The minimum absolute atomic E-state index is 0.0674. The number of carbonyl (C=O) groups excluding carboxylic acids is 1. The summed E-state index contributed by atoms with van der Waals surface area (Å²) in [5, 5.41) is 7.85. The minimum atomic E-state index is -0.440. The summed E-state index contributed by atoms with van der Waals surface area (Å²) in [4.78, 5) is 26.7. The number of ether oxygens (including phenoxy) is 1. The summed E-state index contributed by atoms with van der Waals surface area (Å²) in [6.07, 6.45) is 3.18. The molecular weight excluding hydrogens is 342 g/mol. The van der Waals surface area contributed by atoms with Gasteiger partial charge in [-0.05, 0) is 28.5 Å². The van der Waals surface area contributed by atoms with Gasteiger partial charge in [-0.1, -0.05) is 5.16 Å². The van der Waals surface area contributed by atoms with Crippen LogP contribution in [0.5, 0.6) is 0 Å². The van der Waals surface area contributed by atoms with Crippen LogP contribution in [0.2, 0.25) is 0 Å². The molecule has 1 aliphatic rings. The number of thiophene rings is 1. The first kappa shape index (κ1) is 15.9. The highest BCUT2D eigenvalue weighted by molar-refractivity contribution is 7.08. The summed E-state index contributed by atoms with van der Waals surface area (Å²) in [6, 6.07) is 3.68. The Balaban J connectivity index is 1.44. The lowest BCUT2D eigenvalue weighted by atomic mass is 10.2. The molecule has 0 aliphatic carbocycles. The Morgan fingerprint density at radius 2 is 2.20 bits per heavy atom. The first-order valence-electron chi connectivity index (χ1n) is 7.81. The number of nitrogens with zero attached hydrogens (tertiary/aromatic N) is 5. The topological polar surface area (TPSA) is 94.2 Å². The Kier molecular flexibility index (Phi) is 4.49. The van der Waals surface area contributed by atoms with Gasteiger partial charge in [0.2, 0.25) is 17.6 Å². The molecule has 25 heavy (non-hydrogen) atoms. The van der Waals surface area contributed by atoms with Crippen LogP contribution in [0.15, 0.2) is 39.8 Å². The first-order valence-corrected chi connectivity index (χ1v) is 8.75. The number of carbonyl (C=O) groups is 1. The molecular formula is C16H15N5O3S. The van der Waals surface area contributed by atoms with Crippen molar-refractivity contribution >= 4 is 17.2 Å². The van der Waals surface area contributed by atoms with Crippen LogP contribution in [0, 0.1) is 0 Å². The third kappa shape index (κ3) is 3.57. The van der Waals surface area contributed by atoms with Crippen molar-refractivity contribution in [2.45, 2.75) is 12.5 Å². The van der Waals surface area contributed by atoms with Crippen LogP contribution < -0.4 is 0 Å². The van der Waals surface area contributed by atoms with E-state index in [9.17, 15) is 4.79 Å². The van der Waals surface area contributed by atoms with Crippen LogP contribution in [0.25, 0.3) is 11.6 Å². The zero-order valence-electron chi connectivity index (χ0n) is 13.2. The van der Waals surface area contributed by atoms with Gasteiger partial charge in [0.25, 0.3) is 5.89 Å². The Labute approximate surface area is 147 Å². The van der Waals surface area contributed by atoms with Gasteiger partial charge in [0.1, 0.15) is 0 Å². The lowest BCUT2D eigenvalue weighted by molar-refractivity contribution is -0.139. The zero-order chi connectivity index (χ0) is 17.1. The fourth-order valence-electron chi connectivity index (χ4n) is 2.58. The Morgan fingerprint density at radius 1 is 1.32 bits per heavy atom. The standard InChI is InChI=1S/C16H15N5O3S/c22-13(8-11-2-7-25-10-11)21-5-6-23-12(9-21)16-19-15(20-24-16)14-17-3-1-4-18-14/h1-4,7,10,12H,5-6,8-9H2/t12-/m0/s1. The fourth-order valence-corrected chi connectivity index (χ4v) is 3.24. The second-order valence-corrected chi connectivity index (χ2v) is 6.32. The largest absolute Gasteiger partial charge is 0.365 e. The molecule has 3 aromatic heterocycles. The second-order valence-electron chi connectivity index (χ2n) is 5.54. The van der Waals surface area contributed by atoms with Gasteiger partial charge < -0.3 is 14.2 Å². The van der Waals surface area contributed by atoms with Crippen LogP contribution in [-0.2, 0) is 16.0 Å². The van der Waals surface area contributed by atoms with E-state index in [4.69, 9.17) is 9.26 Å². The van der Waals surface area contributed by atoms with Gasteiger partial charge in [0.05, 0.1) is 19.6 Å². The predicted molar refractivity (Wildman–Crippen MR) is 88.6 cm³/mol. The van der Waals surface area contributed by atoms with Crippen LogP contribution in [-0.4, -0.2) is 50.6 Å². The van der Waals surface area contributed by atoms with Crippen molar-refractivity contribution in [2.24, 2.45) is 0 Å². The SMILES string of the molecule is O=C(Cc1ccsc1)N1CCO[C@H](c2nc(-c3ncccn3)no2)C1. The van der Waals surface area contributed by atoms with E-state index in [2.05, 4.69) is 20.1 Å². The summed E-state index contributed by atoms with van der Waals surface area (Å²) >= 11 is 1.59. The molecule has 0 spiro atoms. The summed E-state index contributed by atoms with van der Waals surface area (Å²) in [5.41, 5.74) is 1.03. The van der Waals surface area contributed by atoms with Crippen LogP contribution in [0.4, 0.5) is 0 Å². The molecule has 0 aromatic carbocycles. The highest BCUT2D eigenvalue weighted by Gasteiger charge is 2.29. The van der Waals surface area contributed by atoms with E-state index in [1.165, 1.54) is 0 Å². The van der Waals surface area contributed by atoms with Crippen molar-refractivity contribution in [1.29, 1.82) is 0 Å². The van der Waals surface area contributed by atoms with Crippen molar-refractivity contribution < 1.29 is 14.1 Å².